The van der Waals surface area contributed by atoms with Gasteiger partial charge in [-0.15, -0.1) is 12.4 Å². The summed E-state index contributed by atoms with van der Waals surface area (Å²) in [5.41, 5.74) is 0. The van der Waals surface area contributed by atoms with Gasteiger partial charge in [0.15, 0.2) is 0 Å². The maximum absolute atomic E-state index is 12.4. The van der Waals surface area contributed by atoms with Gasteiger partial charge in [0.1, 0.15) is 0 Å². The number of likely N-dealkylation sites (N-methyl/N-ethyl adjacent to an activating group) is 1. The van der Waals surface area contributed by atoms with Gasteiger partial charge in [-0.1, -0.05) is 0 Å². The highest BCUT2D eigenvalue weighted by Crippen LogP contribution is 2.22. The van der Waals surface area contributed by atoms with E-state index in [0.717, 1.165) is 38.9 Å². The fourth-order valence-corrected chi connectivity index (χ4v) is 2.98. The molecule has 0 saturated carbocycles. The minimum atomic E-state index is 0. The normalized spacial score (nSPS) is 32.4. The second-order valence-corrected chi connectivity index (χ2v) is 5.77. The standard InChI is InChI=1S/C13H25N3O.ClH/c1-10-8-11(4-6-14-10)13(17)16-7-5-12(9-16)15(2)3;/h10-12,14H,4-9H2,1-3H3;1H/t10-,11-,12?;/m0./s1. The molecule has 1 amide bonds. The van der Waals surface area contributed by atoms with Crippen LogP contribution < -0.4 is 5.32 Å². The quantitative estimate of drug-likeness (QED) is 0.815. The molecule has 2 heterocycles. The molecule has 0 aliphatic carbocycles. The molecule has 0 radical (unpaired) electrons. The average molecular weight is 276 g/mol. The lowest BCUT2D eigenvalue weighted by atomic mass is 9.92. The smallest absolute Gasteiger partial charge is 0.225 e. The number of carbonyl (C=O) groups excluding carboxylic acids is 1. The van der Waals surface area contributed by atoms with E-state index in [-0.39, 0.29) is 18.3 Å². The van der Waals surface area contributed by atoms with Crippen LogP contribution in [-0.2, 0) is 4.79 Å². The monoisotopic (exact) mass is 275 g/mol. The van der Waals surface area contributed by atoms with Gasteiger partial charge < -0.3 is 15.1 Å². The van der Waals surface area contributed by atoms with Gasteiger partial charge in [-0.3, -0.25) is 4.79 Å². The van der Waals surface area contributed by atoms with Crippen LogP contribution in [-0.4, -0.2) is 61.5 Å². The molecule has 106 valence electrons. The Morgan fingerprint density at radius 1 is 1.33 bits per heavy atom. The van der Waals surface area contributed by atoms with E-state index in [9.17, 15) is 4.79 Å². The number of halogens is 1. The number of piperidine rings is 1. The zero-order chi connectivity index (χ0) is 12.4. The van der Waals surface area contributed by atoms with Crippen molar-refractivity contribution < 1.29 is 4.79 Å². The summed E-state index contributed by atoms with van der Waals surface area (Å²) in [5, 5.41) is 3.41. The molecule has 0 spiro atoms. The predicted octanol–water partition coefficient (Wildman–Crippen LogP) is 0.959. The van der Waals surface area contributed by atoms with Crippen LogP contribution in [0.4, 0.5) is 0 Å². The molecule has 18 heavy (non-hydrogen) atoms. The molecule has 1 N–H and O–H groups in total. The molecule has 0 bridgehead atoms. The molecule has 2 saturated heterocycles. The molecular formula is C13H26ClN3O. The van der Waals surface area contributed by atoms with Gasteiger partial charge in [0.25, 0.3) is 0 Å². The molecule has 0 aromatic heterocycles. The molecule has 3 atom stereocenters. The molecule has 5 heteroatoms. The zero-order valence-electron chi connectivity index (χ0n) is 11.7. The number of likely N-dealkylation sites (tertiary alicyclic amines) is 1. The second kappa shape index (κ2) is 6.73. The van der Waals surface area contributed by atoms with Gasteiger partial charge in [-0.25, -0.2) is 0 Å². The van der Waals surface area contributed by atoms with E-state index in [4.69, 9.17) is 0 Å². The van der Waals surface area contributed by atoms with Crippen LogP contribution in [0, 0.1) is 5.92 Å². The van der Waals surface area contributed by atoms with Crippen LogP contribution in [0.5, 0.6) is 0 Å². The number of hydrogen-bond acceptors (Lipinski definition) is 3. The topological polar surface area (TPSA) is 35.6 Å². The Labute approximate surface area is 116 Å². The summed E-state index contributed by atoms with van der Waals surface area (Å²) >= 11 is 0. The van der Waals surface area contributed by atoms with E-state index in [2.05, 4.69) is 36.1 Å². The molecule has 2 rings (SSSR count). The Kier molecular flexibility index (Phi) is 5.89. The van der Waals surface area contributed by atoms with Crippen molar-refractivity contribution in [3.05, 3.63) is 0 Å². The molecule has 2 aliphatic heterocycles. The van der Waals surface area contributed by atoms with Gasteiger partial charge >= 0.3 is 0 Å². The van der Waals surface area contributed by atoms with Crippen molar-refractivity contribution in [2.75, 3.05) is 33.7 Å². The van der Waals surface area contributed by atoms with E-state index < -0.39 is 0 Å². The summed E-state index contributed by atoms with van der Waals surface area (Å²) < 4.78 is 0. The lowest BCUT2D eigenvalue weighted by Crippen LogP contribution is -2.44. The van der Waals surface area contributed by atoms with Crippen LogP contribution in [0.25, 0.3) is 0 Å². The Hall–Kier alpha value is -0.320. The predicted molar refractivity (Wildman–Crippen MR) is 76.1 cm³/mol. The molecule has 1 unspecified atom stereocenters. The molecule has 0 aromatic carbocycles. The summed E-state index contributed by atoms with van der Waals surface area (Å²) in [6.07, 6.45) is 3.13. The number of carbonyl (C=O) groups is 1. The van der Waals surface area contributed by atoms with Crippen molar-refractivity contribution in [1.82, 2.24) is 15.1 Å². The van der Waals surface area contributed by atoms with Crippen LogP contribution in [0.1, 0.15) is 26.2 Å². The van der Waals surface area contributed by atoms with Crippen LogP contribution in [0.2, 0.25) is 0 Å². The Morgan fingerprint density at radius 2 is 2.06 bits per heavy atom. The van der Waals surface area contributed by atoms with Crippen molar-refractivity contribution in [2.24, 2.45) is 5.92 Å². The second-order valence-electron chi connectivity index (χ2n) is 5.77. The van der Waals surface area contributed by atoms with Crippen molar-refractivity contribution in [3.63, 3.8) is 0 Å². The van der Waals surface area contributed by atoms with Crippen molar-refractivity contribution in [3.8, 4) is 0 Å². The van der Waals surface area contributed by atoms with Gasteiger partial charge in [0.05, 0.1) is 0 Å². The van der Waals surface area contributed by atoms with E-state index in [1.807, 2.05) is 0 Å². The number of rotatable bonds is 2. The van der Waals surface area contributed by atoms with Gasteiger partial charge in [0.2, 0.25) is 5.91 Å². The largest absolute Gasteiger partial charge is 0.341 e. The first kappa shape index (κ1) is 15.7. The van der Waals surface area contributed by atoms with E-state index in [0.29, 0.717) is 18.0 Å². The third kappa shape index (κ3) is 3.59. The Balaban J connectivity index is 0.00000162. The highest BCUT2D eigenvalue weighted by molar-refractivity contribution is 5.85. The summed E-state index contributed by atoms with van der Waals surface area (Å²) in [4.78, 5) is 16.7. The zero-order valence-corrected chi connectivity index (χ0v) is 12.5. The average Bonchev–Trinajstić information content (AvgIpc) is 2.77. The maximum atomic E-state index is 12.4. The minimum Gasteiger partial charge on any atom is -0.341 e. The van der Waals surface area contributed by atoms with Gasteiger partial charge in [-0.05, 0) is 46.8 Å². The summed E-state index contributed by atoms with van der Waals surface area (Å²) in [6, 6.07) is 1.04. The number of amides is 1. The fourth-order valence-electron chi connectivity index (χ4n) is 2.98. The maximum Gasteiger partial charge on any atom is 0.225 e. The molecule has 4 nitrogen and oxygen atoms in total. The van der Waals surface area contributed by atoms with Crippen molar-refractivity contribution in [1.29, 1.82) is 0 Å². The number of hydrogen-bond donors (Lipinski definition) is 1. The van der Waals surface area contributed by atoms with E-state index >= 15 is 0 Å². The SMILES string of the molecule is C[C@H]1C[C@@H](C(=O)N2CCC(N(C)C)C2)CCN1.Cl. The number of nitrogens with one attached hydrogen (secondary N) is 1. The molecule has 2 fully saturated rings. The first-order chi connectivity index (χ1) is 8.08. The van der Waals surface area contributed by atoms with E-state index in [1.54, 1.807) is 0 Å². The first-order valence-electron chi connectivity index (χ1n) is 6.76. The van der Waals surface area contributed by atoms with E-state index in [1.165, 1.54) is 0 Å². The molecule has 2 aliphatic rings. The van der Waals surface area contributed by atoms with Crippen LogP contribution in [0.15, 0.2) is 0 Å². The Bertz CT molecular complexity index is 285. The van der Waals surface area contributed by atoms with Crippen LogP contribution >= 0.6 is 12.4 Å². The fraction of sp³-hybridized carbons (Fsp3) is 0.923. The first-order valence-corrected chi connectivity index (χ1v) is 6.76. The Morgan fingerprint density at radius 3 is 2.61 bits per heavy atom. The summed E-state index contributed by atoms with van der Waals surface area (Å²) in [6.45, 7) is 5.03. The highest BCUT2D eigenvalue weighted by atomic mass is 35.5. The minimum absolute atomic E-state index is 0. The summed E-state index contributed by atoms with van der Waals surface area (Å²) in [5.74, 6) is 0.648. The summed E-state index contributed by atoms with van der Waals surface area (Å²) in [7, 11) is 4.20. The lowest BCUT2D eigenvalue weighted by molar-refractivity contribution is -0.135. The number of nitrogens with zero attached hydrogens (tertiary/aromatic N) is 2. The van der Waals surface area contributed by atoms with Crippen molar-refractivity contribution >= 4 is 18.3 Å². The molecule has 0 aromatic rings. The lowest BCUT2D eigenvalue weighted by Gasteiger charge is -2.30. The van der Waals surface area contributed by atoms with Crippen LogP contribution in [0.3, 0.4) is 0 Å². The van der Waals surface area contributed by atoms with Crippen molar-refractivity contribution in [2.45, 2.75) is 38.3 Å². The third-order valence-electron chi connectivity index (χ3n) is 4.18. The van der Waals surface area contributed by atoms with Gasteiger partial charge in [0, 0.05) is 31.1 Å². The molecular weight excluding hydrogens is 250 g/mol. The highest BCUT2D eigenvalue weighted by Gasteiger charge is 2.33. The third-order valence-corrected chi connectivity index (χ3v) is 4.18. The van der Waals surface area contributed by atoms with Gasteiger partial charge in [-0.2, -0.15) is 0 Å².